The second kappa shape index (κ2) is 8.18. The fourth-order valence-corrected chi connectivity index (χ4v) is 4.58. The summed E-state index contributed by atoms with van der Waals surface area (Å²) in [5.41, 5.74) is 11.6. The van der Waals surface area contributed by atoms with E-state index in [1.807, 2.05) is 6.92 Å². The van der Waals surface area contributed by atoms with Gasteiger partial charge in [0.25, 0.3) is 0 Å². The second-order valence-electron chi connectivity index (χ2n) is 10.3. The van der Waals surface area contributed by atoms with Crippen LogP contribution >= 0.6 is 0 Å². The molecule has 0 spiro atoms. The first-order chi connectivity index (χ1) is 15.5. The minimum atomic E-state index is -0.479. The zero-order valence-corrected chi connectivity index (χ0v) is 20.0. The molecule has 4 nitrogen and oxygen atoms in total. The Morgan fingerprint density at radius 2 is 1.30 bits per heavy atom. The van der Waals surface area contributed by atoms with Crippen molar-refractivity contribution < 1.29 is 14.3 Å². The summed E-state index contributed by atoms with van der Waals surface area (Å²) in [5.74, 6) is -0.0924. The third-order valence-corrected chi connectivity index (χ3v) is 6.92. The summed E-state index contributed by atoms with van der Waals surface area (Å²) in [5, 5.41) is 0. The molecule has 0 heterocycles. The highest BCUT2D eigenvalue weighted by molar-refractivity contribution is 6.10. The Morgan fingerprint density at radius 3 is 1.88 bits per heavy atom. The molecule has 1 aliphatic carbocycles. The van der Waals surface area contributed by atoms with Crippen LogP contribution in [0.4, 0.5) is 5.69 Å². The van der Waals surface area contributed by atoms with Gasteiger partial charge in [-0.2, -0.15) is 0 Å². The summed E-state index contributed by atoms with van der Waals surface area (Å²) >= 11 is 0. The molecule has 0 saturated heterocycles. The van der Waals surface area contributed by atoms with E-state index in [0.717, 1.165) is 24.0 Å². The maximum absolute atomic E-state index is 13.4. The molecule has 0 unspecified atom stereocenters. The number of fused-ring (bicyclic) bond motifs is 1. The normalized spacial score (nSPS) is 16.0. The molecule has 3 aromatic carbocycles. The largest absolute Gasteiger partial charge is 0.423 e. The van der Waals surface area contributed by atoms with E-state index in [1.54, 1.807) is 48.5 Å². The summed E-state index contributed by atoms with van der Waals surface area (Å²) in [6.45, 7) is 11.1. The molecule has 0 radical (unpaired) electrons. The van der Waals surface area contributed by atoms with Crippen LogP contribution in [0, 0.1) is 6.92 Å². The monoisotopic (exact) mass is 441 g/mol. The van der Waals surface area contributed by atoms with E-state index >= 15 is 0 Å². The average molecular weight is 442 g/mol. The molecule has 1 aliphatic rings. The molecule has 33 heavy (non-hydrogen) atoms. The molecule has 4 heteroatoms. The van der Waals surface area contributed by atoms with Crippen LogP contribution in [0.1, 0.15) is 83.5 Å². The number of anilines is 1. The fourth-order valence-electron chi connectivity index (χ4n) is 4.58. The fraction of sp³-hybridized carbons (Fsp3) is 0.310. The highest BCUT2D eigenvalue weighted by Gasteiger charge is 2.37. The highest BCUT2D eigenvalue weighted by Crippen LogP contribution is 2.46. The van der Waals surface area contributed by atoms with Gasteiger partial charge >= 0.3 is 5.97 Å². The maximum atomic E-state index is 13.4. The van der Waals surface area contributed by atoms with E-state index in [2.05, 4.69) is 39.8 Å². The summed E-state index contributed by atoms with van der Waals surface area (Å²) < 4.78 is 5.38. The van der Waals surface area contributed by atoms with Crippen LogP contribution in [0.15, 0.2) is 60.7 Å². The molecule has 0 aliphatic heterocycles. The van der Waals surface area contributed by atoms with Crippen molar-refractivity contribution in [1.29, 1.82) is 0 Å². The van der Waals surface area contributed by atoms with Crippen LogP contribution in [0.2, 0.25) is 0 Å². The van der Waals surface area contributed by atoms with Crippen molar-refractivity contribution in [3.63, 3.8) is 0 Å². The number of ketones is 1. The molecule has 0 aromatic heterocycles. The van der Waals surface area contributed by atoms with Crippen molar-refractivity contribution in [3.8, 4) is 5.75 Å². The number of hydrogen-bond donors (Lipinski definition) is 1. The van der Waals surface area contributed by atoms with Crippen molar-refractivity contribution in [2.45, 2.75) is 58.3 Å². The average Bonchev–Trinajstić information content (AvgIpc) is 2.78. The van der Waals surface area contributed by atoms with E-state index in [-0.39, 0.29) is 16.6 Å². The minimum absolute atomic E-state index is 0.0311. The molecular formula is C29H31NO3. The lowest BCUT2D eigenvalue weighted by molar-refractivity contribution is 0.0734. The topological polar surface area (TPSA) is 69.4 Å². The lowest BCUT2D eigenvalue weighted by Gasteiger charge is -2.42. The maximum Gasteiger partial charge on any atom is 0.343 e. The van der Waals surface area contributed by atoms with E-state index in [9.17, 15) is 9.59 Å². The van der Waals surface area contributed by atoms with Crippen LogP contribution in [-0.4, -0.2) is 11.8 Å². The number of aryl methyl sites for hydroxylation is 1. The van der Waals surface area contributed by atoms with Gasteiger partial charge in [-0.1, -0.05) is 45.9 Å². The lowest BCUT2D eigenvalue weighted by Crippen LogP contribution is -2.34. The Balaban J connectivity index is 1.60. The number of carbonyl (C=O) groups excluding carboxylic acids is 2. The minimum Gasteiger partial charge on any atom is -0.423 e. The van der Waals surface area contributed by atoms with E-state index in [0.29, 0.717) is 22.6 Å². The van der Waals surface area contributed by atoms with Crippen molar-refractivity contribution in [2.24, 2.45) is 0 Å². The van der Waals surface area contributed by atoms with Gasteiger partial charge in [-0.25, -0.2) is 4.79 Å². The molecule has 2 N–H and O–H groups in total. The Kier molecular flexibility index (Phi) is 5.65. The quantitative estimate of drug-likeness (QED) is 0.221. The Labute approximate surface area is 195 Å². The molecule has 0 saturated carbocycles. The Bertz CT molecular complexity index is 1220. The molecule has 0 bridgehead atoms. The Hall–Kier alpha value is -3.40. The van der Waals surface area contributed by atoms with Crippen LogP contribution in [0.3, 0.4) is 0 Å². The van der Waals surface area contributed by atoms with Gasteiger partial charge in [0.05, 0.1) is 5.56 Å². The number of esters is 1. The molecular weight excluding hydrogens is 410 g/mol. The molecule has 0 fully saturated rings. The zero-order chi connectivity index (χ0) is 24.0. The van der Waals surface area contributed by atoms with Crippen LogP contribution in [0.5, 0.6) is 5.75 Å². The first-order valence-corrected chi connectivity index (χ1v) is 11.4. The van der Waals surface area contributed by atoms with Gasteiger partial charge in [0.15, 0.2) is 5.78 Å². The van der Waals surface area contributed by atoms with Crippen molar-refractivity contribution in [2.75, 3.05) is 5.73 Å². The number of benzene rings is 3. The van der Waals surface area contributed by atoms with Crippen LogP contribution in [0.25, 0.3) is 0 Å². The van der Waals surface area contributed by atoms with Gasteiger partial charge in [0, 0.05) is 16.8 Å². The molecule has 170 valence electrons. The SMILES string of the molecule is Cc1cc2c(cc1C(=O)c1ccc(C(=O)Oc3ccc(N)cc3)cc1)C(C)(C)CCC2(C)C. The van der Waals surface area contributed by atoms with E-state index < -0.39 is 5.97 Å². The summed E-state index contributed by atoms with van der Waals surface area (Å²) in [6, 6.07) is 17.6. The van der Waals surface area contributed by atoms with Gasteiger partial charge in [-0.05, 0) is 89.8 Å². The number of nitrogens with two attached hydrogens (primary N) is 1. The van der Waals surface area contributed by atoms with Gasteiger partial charge in [-0.15, -0.1) is 0 Å². The van der Waals surface area contributed by atoms with E-state index in [4.69, 9.17) is 10.5 Å². The van der Waals surface area contributed by atoms with E-state index in [1.165, 1.54) is 11.1 Å². The lowest BCUT2D eigenvalue weighted by atomic mass is 9.62. The van der Waals surface area contributed by atoms with Crippen molar-refractivity contribution in [3.05, 3.63) is 94.0 Å². The molecule has 0 atom stereocenters. The number of carbonyl (C=O) groups is 2. The smallest absolute Gasteiger partial charge is 0.343 e. The Morgan fingerprint density at radius 1 is 0.788 bits per heavy atom. The predicted octanol–water partition coefficient (Wildman–Crippen LogP) is 6.38. The number of rotatable bonds is 4. The van der Waals surface area contributed by atoms with Crippen LogP contribution in [-0.2, 0) is 10.8 Å². The standard InChI is InChI=1S/C29H31NO3/c1-18-16-24-25(29(4,5)15-14-28(24,2)3)17-23(18)26(31)19-6-8-20(9-7-19)27(32)33-22-12-10-21(30)11-13-22/h6-13,16-17H,14-15,30H2,1-5H3. The summed E-state index contributed by atoms with van der Waals surface area (Å²) in [4.78, 5) is 25.9. The first-order valence-electron chi connectivity index (χ1n) is 11.4. The third kappa shape index (κ3) is 4.43. The van der Waals surface area contributed by atoms with Crippen LogP contribution < -0.4 is 10.5 Å². The second-order valence-corrected chi connectivity index (χ2v) is 10.3. The zero-order valence-electron chi connectivity index (χ0n) is 20.0. The summed E-state index contributed by atoms with van der Waals surface area (Å²) in [7, 11) is 0. The number of hydrogen-bond acceptors (Lipinski definition) is 4. The van der Waals surface area contributed by atoms with Crippen molar-refractivity contribution in [1.82, 2.24) is 0 Å². The van der Waals surface area contributed by atoms with Crippen molar-refractivity contribution >= 4 is 17.4 Å². The third-order valence-electron chi connectivity index (χ3n) is 6.92. The van der Waals surface area contributed by atoms with Gasteiger partial charge in [-0.3, -0.25) is 4.79 Å². The number of nitrogen functional groups attached to an aromatic ring is 1. The summed E-state index contributed by atoms with van der Waals surface area (Å²) in [6.07, 6.45) is 2.22. The number of ether oxygens (including phenoxy) is 1. The highest BCUT2D eigenvalue weighted by atomic mass is 16.5. The van der Waals surface area contributed by atoms with Gasteiger partial charge in [0.2, 0.25) is 0 Å². The molecule has 0 amide bonds. The van der Waals surface area contributed by atoms with Gasteiger partial charge in [0.1, 0.15) is 5.75 Å². The predicted molar refractivity (Wildman–Crippen MR) is 132 cm³/mol. The molecule has 4 rings (SSSR count). The van der Waals surface area contributed by atoms with Gasteiger partial charge < -0.3 is 10.5 Å². The molecule has 3 aromatic rings. The first kappa shape index (κ1) is 22.8.